The molecule has 0 atom stereocenters. The topological polar surface area (TPSA) is 37.8 Å². The highest BCUT2D eigenvalue weighted by Crippen LogP contribution is 2.19. The van der Waals surface area contributed by atoms with Gasteiger partial charge < -0.3 is 5.32 Å². The highest BCUT2D eigenvalue weighted by atomic mass is 32.2. The lowest BCUT2D eigenvalue weighted by Gasteiger charge is -2.07. The maximum absolute atomic E-state index is 4.43. The second-order valence-electron chi connectivity index (χ2n) is 5.68. The zero-order valence-electron chi connectivity index (χ0n) is 13.0. The molecular formula is C17H23N3S. The number of nitrogens with zero attached hydrogens (tertiary/aromatic N) is 2. The number of nitrogens with one attached hydrogen (secondary N) is 1. The van der Waals surface area contributed by atoms with Gasteiger partial charge in [0, 0.05) is 30.3 Å². The van der Waals surface area contributed by atoms with E-state index in [0.717, 1.165) is 29.6 Å². The predicted octanol–water partition coefficient (Wildman–Crippen LogP) is 3.82. The molecule has 0 aliphatic rings. The molecule has 0 spiro atoms. The quantitative estimate of drug-likeness (QED) is 0.623. The van der Waals surface area contributed by atoms with Gasteiger partial charge in [0.2, 0.25) is 0 Å². The first-order valence-electron chi connectivity index (χ1n) is 7.33. The van der Waals surface area contributed by atoms with Crippen molar-refractivity contribution in [1.82, 2.24) is 15.3 Å². The summed E-state index contributed by atoms with van der Waals surface area (Å²) in [6.45, 7) is 8.37. The van der Waals surface area contributed by atoms with Crippen molar-refractivity contribution in [2.45, 2.75) is 38.2 Å². The van der Waals surface area contributed by atoms with Gasteiger partial charge in [0.1, 0.15) is 0 Å². The third kappa shape index (κ3) is 5.86. The van der Waals surface area contributed by atoms with Gasteiger partial charge in [0.15, 0.2) is 5.16 Å². The summed E-state index contributed by atoms with van der Waals surface area (Å²) in [6, 6.07) is 8.56. The van der Waals surface area contributed by atoms with E-state index in [-0.39, 0.29) is 0 Å². The average molecular weight is 301 g/mol. The van der Waals surface area contributed by atoms with Crippen molar-refractivity contribution in [3.05, 3.63) is 53.3 Å². The van der Waals surface area contributed by atoms with Crippen molar-refractivity contribution in [2.24, 2.45) is 5.92 Å². The summed E-state index contributed by atoms with van der Waals surface area (Å²) in [5.41, 5.74) is 3.74. The normalized spacial score (nSPS) is 11.0. The van der Waals surface area contributed by atoms with E-state index in [0.29, 0.717) is 5.92 Å². The zero-order valence-corrected chi connectivity index (χ0v) is 13.8. The summed E-state index contributed by atoms with van der Waals surface area (Å²) >= 11 is 1.68. The fourth-order valence-corrected chi connectivity index (χ4v) is 2.69. The summed E-state index contributed by atoms with van der Waals surface area (Å²) in [5, 5.41) is 4.23. The number of aromatic nitrogens is 2. The van der Waals surface area contributed by atoms with E-state index in [9.17, 15) is 0 Å². The van der Waals surface area contributed by atoms with Crippen molar-refractivity contribution >= 4 is 11.8 Å². The van der Waals surface area contributed by atoms with Crippen molar-refractivity contribution < 1.29 is 0 Å². The minimum Gasteiger partial charge on any atom is -0.312 e. The van der Waals surface area contributed by atoms with Crippen LogP contribution in [0.4, 0.5) is 0 Å². The van der Waals surface area contributed by atoms with Gasteiger partial charge in [-0.15, -0.1) is 0 Å². The molecule has 21 heavy (non-hydrogen) atoms. The molecule has 0 bridgehead atoms. The molecule has 0 unspecified atom stereocenters. The number of hydrogen-bond donors (Lipinski definition) is 1. The number of rotatable bonds is 7. The van der Waals surface area contributed by atoms with E-state index in [1.807, 2.05) is 12.4 Å². The van der Waals surface area contributed by atoms with Crippen LogP contribution in [-0.4, -0.2) is 16.5 Å². The minimum absolute atomic E-state index is 0.662. The largest absolute Gasteiger partial charge is 0.312 e. The van der Waals surface area contributed by atoms with Crippen LogP contribution in [0.5, 0.6) is 0 Å². The molecule has 0 saturated heterocycles. The molecule has 0 amide bonds. The Bertz CT molecular complexity index is 552. The molecule has 0 saturated carbocycles. The first-order chi connectivity index (χ1) is 10.1. The molecule has 1 N–H and O–H groups in total. The number of hydrogen-bond acceptors (Lipinski definition) is 4. The number of aryl methyl sites for hydroxylation is 1. The van der Waals surface area contributed by atoms with Gasteiger partial charge in [-0.1, -0.05) is 55.4 Å². The third-order valence-corrected chi connectivity index (χ3v) is 3.96. The van der Waals surface area contributed by atoms with Crippen LogP contribution in [0, 0.1) is 12.8 Å². The first kappa shape index (κ1) is 16.0. The third-order valence-electron chi connectivity index (χ3n) is 3.01. The minimum atomic E-state index is 0.662. The molecular weight excluding hydrogens is 278 g/mol. The molecule has 1 aromatic heterocycles. The van der Waals surface area contributed by atoms with Crippen molar-refractivity contribution in [1.29, 1.82) is 0 Å². The molecule has 1 heterocycles. The Labute approximate surface area is 131 Å². The van der Waals surface area contributed by atoms with Crippen molar-refractivity contribution in [3.8, 4) is 0 Å². The van der Waals surface area contributed by atoms with Crippen LogP contribution in [0.2, 0.25) is 0 Å². The van der Waals surface area contributed by atoms with E-state index >= 15 is 0 Å². The second kappa shape index (κ2) is 8.15. The fraction of sp³-hybridized carbons (Fsp3) is 0.412. The van der Waals surface area contributed by atoms with Gasteiger partial charge in [-0.25, -0.2) is 9.97 Å². The van der Waals surface area contributed by atoms with Gasteiger partial charge in [0.25, 0.3) is 0 Å². The monoisotopic (exact) mass is 301 g/mol. The SMILES string of the molecule is Cc1cccc(CSc2ncc(CNCC(C)C)cn2)c1. The molecule has 1 aromatic carbocycles. The molecule has 2 aromatic rings. The molecule has 4 heteroatoms. The smallest absolute Gasteiger partial charge is 0.187 e. The summed E-state index contributed by atoms with van der Waals surface area (Å²) in [6.07, 6.45) is 3.83. The van der Waals surface area contributed by atoms with Gasteiger partial charge in [-0.2, -0.15) is 0 Å². The highest BCUT2D eigenvalue weighted by molar-refractivity contribution is 7.98. The van der Waals surface area contributed by atoms with E-state index in [1.165, 1.54) is 11.1 Å². The van der Waals surface area contributed by atoms with Crippen LogP contribution in [0.3, 0.4) is 0 Å². The summed E-state index contributed by atoms with van der Waals surface area (Å²) in [7, 11) is 0. The maximum atomic E-state index is 4.43. The summed E-state index contributed by atoms with van der Waals surface area (Å²) in [4.78, 5) is 8.85. The predicted molar refractivity (Wildman–Crippen MR) is 89.3 cm³/mol. The van der Waals surface area contributed by atoms with E-state index in [2.05, 4.69) is 60.3 Å². The lowest BCUT2D eigenvalue weighted by Crippen LogP contribution is -2.19. The Kier molecular flexibility index (Phi) is 6.21. The lowest BCUT2D eigenvalue weighted by atomic mass is 10.2. The van der Waals surface area contributed by atoms with E-state index < -0.39 is 0 Å². The Hall–Kier alpha value is -1.39. The molecule has 0 radical (unpaired) electrons. The van der Waals surface area contributed by atoms with Crippen molar-refractivity contribution in [2.75, 3.05) is 6.54 Å². The lowest BCUT2D eigenvalue weighted by molar-refractivity contribution is 0.550. The Morgan fingerprint density at radius 3 is 2.57 bits per heavy atom. The Morgan fingerprint density at radius 1 is 1.14 bits per heavy atom. The van der Waals surface area contributed by atoms with Gasteiger partial charge in [-0.3, -0.25) is 0 Å². The van der Waals surface area contributed by atoms with Crippen LogP contribution < -0.4 is 5.32 Å². The second-order valence-corrected chi connectivity index (χ2v) is 6.62. The molecule has 0 aliphatic carbocycles. The Balaban J connectivity index is 1.82. The number of benzene rings is 1. The standard InChI is InChI=1S/C17H23N3S/c1-13(2)8-18-9-16-10-19-17(20-11-16)21-12-15-6-4-5-14(3)7-15/h4-7,10-11,13,18H,8-9,12H2,1-3H3. The van der Waals surface area contributed by atoms with Crippen LogP contribution in [-0.2, 0) is 12.3 Å². The van der Waals surface area contributed by atoms with Crippen LogP contribution in [0.15, 0.2) is 41.8 Å². The Morgan fingerprint density at radius 2 is 1.90 bits per heavy atom. The highest BCUT2D eigenvalue weighted by Gasteiger charge is 2.01. The van der Waals surface area contributed by atoms with Gasteiger partial charge in [0.05, 0.1) is 0 Å². The molecule has 0 aliphatic heterocycles. The average Bonchev–Trinajstić information content (AvgIpc) is 2.46. The molecule has 3 nitrogen and oxygen atoms in total. The molecule has 0 fully saturated rings. The van der Waals surface area contributed by atoms with E-state index in [4.69, 9.17) is 0 Å². The molecule has 112 valence electrons. The van der Waals surface area contributed by atoms with Crippen molar-refractivity contribution in [3.63, 3.8) is 0 Å². The van der Waals surface area contributed by atoms with E-state index in [1.54, 1.807) is 11.8 Å². The number of thioether (sulfide) groups is 1. The van der Waals surface area contributed by atoms with Crippen LogP contribution >= 0.6 is 11.8 Å². The van der Waals surface area contributed by atoms with Crippen LogP contribution in [0.25, 0.3) is 0 Å². The van der Waals surface area contributed by atoms with Gasteiger partial charge in [-0.05, 0) is 24.9 Å². The first-order valence-corrected chi connectivity index (χ1v) is 8.32. The van der Waals surface area contributed by atoms with Crippen LogP contribution in [0.1, 0.15) is 30.5 Å². The zero-order chi connectivity index (χ0) is 15.1. The fourth-order valence-electron chi connectivity index (χ4n) is 1.96. The van der Waals surface area contributed by atoms with Gasteiger partial charge >= 0.3 is 0 Å². The maximum Gasteiger partial charge on any atom is 0.187 e. The molecule has 2 rings (SSSR count). The summed E-state index contributed by atoms with van der Waals surface area (Å²) in [5.74, 6) is 1.57. The summed E-state index contributed by atoms with van der Waals surface area (Å²) < 4.78 is 0.